The first-order valence-corrected chi connectivity index (χ1v) is 7.90. The van der Waals surface area contributed by atoms with Crippen LogP contribution in [0.5, 0.6) is 0 Å². The quantitative estimate of drug-likeness (QED) is 0.559. The van der Waals surface area contributed by atoms with Crippen molar-refractivity contribution in [1.82, 2.24) is 4.98 Å². The molecule has 5 heteroatoms. The van der Waals surface area contributed by atoms with E-state index < -0.39 is 0 Å². The van der Waals surface area contributed by atoms with Crippen molar-refractivity contribution in [3.8, 4) is 0 Å². The van der Waals surface area contributed by atoms with Gasteiger partial charge in [0.1, 0.15) is 5.58 Å². The van der Waals surface area contributed by atoms with Gasteiger partial charge >= 0.3 is 0 Å². The van der Waals surface area contributed by atoms with Crippen LogP contribution < -0.4 is 5.36 Å². The van der Waals surface area contributed by atoms with Crippen LogP contribution in [0, 0.1) is 0 Å². The average molecular weight is 327 g/mol. The second-order valence-corrected chi connectivity index (χ2v) is 5.86. The van der Waals surface area contributed by atoms with E-state index >= 15 is 0 Å². The molecule has 0 amide bonds. The fourth-order valence-electron chi connectivity index (χ4n) is 2.88. The molecular weight excluding hydrogens is 312 g/mol. The Morgan fingerprint density at radius 3 is 2.87 bits per heavy atom. The Balaban J connectivity index is 2.19. The summed E-state index contributed by atoms with van der Waals surface area (Å²) in [6.45, 7) is 0.674. The lowest BCUT2D eigenvalue weighted by atomic mass is 10.1. The van der Waals surface area contributed by atoms with Crippen molar-refractivity contribution in [3.05, 3.63) is 52.8 Å². The third-order valence-corrected chi connectivity index (χ3v) is 4.14. The minimum absolute atomic E-state index is 0.121. The smallest absolute Gasteiger partial charge is 0.208 e. The van der Waals surface area contributed by atoms with Crippen LogP contribution in [0.2, 0.25) is 5.02 Å². The molecule has 0 radical (unpaired) electrons. The molecule has 0 aliphatic heterocycles. The van der Waals surface area contributed by atoms with E-state index in [-0.39, 0.29) is 6.61 Å². The molecule has 2 aromatic carbocycles. The number of nitrogens with one attached hydrogen (secondary N) is 1. The monoisotopic (exact) mass is 326 g/mol. The second kappa shape index (κ2) is 5.72. The predicted molar refractivity (Wildman–Crippen MR) is 92.7 cm³/mol. The summed E-state index contributed by atoms with van der Waals surface area (Å²) in [4.78, 5) is 8.02. The van der Waals surface area contributed by atoms with Crippen LogP contribution in [-0.2, 0) is 0 Å². The number of benzene rings is 2. The number of nitrogens with zero attached hydrogens (tertiary/aromatic N) is 1. The van der Waals surface area contributed by atoms with E-state index in [9.17, 15) is 0 Å². The van der Waals surface area contributed by atoms with E-state index in [0.717, 1.165) is 32.6 Å². The van der Waals surface area contributed by atoms with Crippen molar-refractivity contribution in [2.75, 3.05) is 13.2 Å². The zero-order chi connectivity index (χ0) is 15.8. The molecule has 2 aromatic heterocycles. The van der Waals surface area contributed by atoms with Gasteiger partial charge in [0.2, 0.25) is 5.71 Å². The van der Waals surface area contributed by atoms with Crippen molar-refractivity contribution < 1.29 is 9.52 Å². The van der Waals surface area contributed by atoms with Crippen LogP contribution >= 0.6 is 11.6 Å². The number of hydrogen-bond donors (Lipinski definition) is 2. The molecule has 0 saturated heterocycles. The van der Waals surface area contributed by atoms with Crippen molar-refractivity contribution in [2.45, 2.75) is 6.42 Å². The molecule has 2 N–H and O–H groups in total. The van der Waals surface area contributed by atoms with E-state index in [1.54, 1.807) is 6.07 Å². The van der Waals surface area contributed by atoms with Crippen molar-refractivity contribution in [3.63, 3.8) is 0 Å². The van der Waals surface area contributed by atoms with Gasteiger partial charge in [0.25, 0.3) is 0 Å². The highest BCUT2D eigenvalue weighted by molar-refractivity contribution is 6.31. The van der Waals surface area contributed by atoms with Crippen molar-refractivity contribution >= 4 is 44.6 Å². The van der Waals surface area contributed by atoms with Crippen LogP contribution in [0.4, 0.5) is 0 Å². The summed E-state index contributed by atoms with van der Waals surface area (Å²) in [5.74, 6) is 0. The zero-order valence-electron chi connectivity index (χ0n) is 12.3. The van der Waals surface area contributed by atoms with Gasteiger partial charge in [-0.1, -0.05) is 29.8 Å². The Labute approximate surface area is 137 Å². The molecule has 0 fully saturated rings. The highest BCUT2D eigenvalue weighted by atomic mass is 35.5. The molecule has 0 saturated carbocycles. The number of fused-ring (bicyclic) bond motifs is 4. The van der Waals surface area contributed by atoms with E-state index in [1.807, 2.05) is 36.4 Å². The summed E-state index contributed by atoms with van der Waals surface area (Å²) < 4.78 is 6.01. The van der Waals surface area contributed by atoms with Crippen molar-refractivity contribution in [2.24, 2.45) is 4.99 Å². The van der Waals surface area contributed by atoms with Crippen LogP contribution in [0.1, 0.15) is 6.42 Å². The minimum Gasteiger partial charge on any atom is -0.440 e. The summed E-state index contributed by atoms with van der Waals surface area (Å²) in [6.07, 6.45) is 0.623. The maximum Gasteiger partial charge on any atom is 0.208 e. The van der Waals surface area contributed by atoms with E-state index in [2.05, 4.69) is 4.98 Å². The lowest BCUT2D eigenvalue weighted by Crippen LogP contribution is -2.06. The summed E-state index contributed by atoms with van der Waals surface area (Å²) in [6, 6.07) is 13.6. The molecule has 0 aliphatic rings. The van der Waals surface area contributed by atoms with Gasteiger partial charge in [-0.15, -0.1) is 0 Å². The standard InChI is InChI=1S/C18H15ClN2O2/c19-11-6-7-15-13(10-11)17(20-8-3-9-22)16-12-4-1-2-5-14(12)21-18(16)23-15/h1-2,4-7,10,21-22H,3,8-9H2. The summed E-state index contributed by atoms with van der Waals surface area (Å²) >= 11 is 6.16. The molecule has 4 rings (SSSR count). The average Bonchev–Trinajstić information content (AvgIpc) is 2.93. The number of rotatable bonds is 3. The molecule has 116 valence electrons. The summed E-state index contributed by atoms with van der Waals surface area (Å²) in [7, 11) is 0. The first kappa shape index (κ1) is 14.3. The maximum atomic E-state index is 9.04. The van der Waals surface area contributed by atoms with Gasteiger partial charge in [-0.2, -0.15) is 0 Å². The van der Waals surface area contributed by atoms with Gasteiger partial charge in [-0.25, -0.2) is 0 Å². The number of hydrogen-bond acceptors (Lipinski definition) is 3. The normalized spacial score (nSPS) is 12.7. The second-order valence-electron chi connectivity index (χ2n) is 5.42. The van der Waals surface area contributed by atoms with Crippen LogP contribution in [0.3, 0.4) is 0 Å². The molecule has 0 spiro atoms. The summed E-state index contributed by atoms with van der Waals surface area (Å²) in [5.41, 5.74) is 2.44. The number of aliphatic hydroxyl groups excluding tert-OH is 1. The lowest BCUT2D eigenvalue weighted by Gasteiger charge is -2.02. The molecule has 4 aromatic rings. The molecule has 0 atom stereocenters. The molecule has 2 heterocycles. The van der Waals surface area contributed by atoms with Gasteiger partial charge in [0, 0.05) is 34.5 Å². The zero-order valence-corrected chi connectivity index (χ0v) is 13.1. The van der Waals surface area contributed by atoms with Crippen LogP contribution in [-0.4, -0.2) is 23.2 Å². The Morgan fingerprint density at radius 1 is 1.13 bits per heavy atom. The third-order valence-electron chi connectivity index (χ3n) is 3.90. The van der Waals surface area contributed by atoms with E-state index in [0.29, 0.717) is 23.7 Å². The van der Waals surface area contributed by atoms with Gasteiger partial charge < -0.3 is 14.5 Å². The largest absolute Gasteiger partial charge is 0.440 e. The fraction of sp³-hybridized carbons (Fsp3) is 0.167. The van der Waals surface area contributed by atoms with E-state index in [4.69, 9.17) is 26.1 Å². The number of H-pyrrole nitrogens is 1. The van der Waals surface area contributed by atoms with Gasteiger partial charge in [-0.05, 0) is 30.7 Å². The topological polar surface area (TPSA) is 61.5 Å². The van der Waals surface area contributed by atoms with Crippen LogP contribution in [0.15, 0.2) is 51.9 Å². The lowest BCUT2D eigenvalue weighted by molar-refractivity contribution is 0.291. The Morgan fingerprint density at radius 2 is 2.00 bits per heavy atom. The SMILES string of the molecule is OCCCN=c1c2cc(Cl)ccc2oc2[nH]c3ccccc3c12. The molecule has 23 heavy (non-hydrogen) atoms. The molecular formula is C18H15ClN2O2. The first-order chi connectivity index (χ1) is 11.3. The molecule has 4 nitrogen and oxygen atoms in total. The number of para-hydroxylation sites is 1. The predicted octanol–water partition coefficient (Wildman–Crippen LogP) is 4.00. The molecule has 0 unspecified atom stereocenters. The van der Waals surface area contributed by atoms with Gasteiger partial charge in [0.05, 0.1) is 10.7 Å². The fourth-order valence-corrected chi connectivity index (χ4v) is 3.05. The summed E-state index contributed by atoms with van der Waals surface area (Å²) in [5, 5.41) is 13.4. The van der Waals surface area contributed by atoms with Gasteiger partial charge in [-0.3, -0.25) is 4.99 Å². The minimum atomic E-state index is 0.121. The highest BCUT2D eigenvalue weighted by Gasteiger charge is 2.12. The number of aromatic nitrogens is 1. The highest BCUT2D eigenvalue weighted by Crippen LogP contribution is 2.27. The first-order valence-electron chi connectivity index (χ1n) is 7.52. The molecule has 0 aliphatic carbocycles. The number of aliphatic hydroxyl groups is 1. The van der Waals surface area contributed by atoms with Crippen LogP contribution in [0.25, 0.3) is 33.0 Å². The Kier molecular flexibility index (Phi) is 3.56. The Hall–Kier alpha value is -2.30. The third kappa shape index (κ3) is 2.40. The Bertz CT molecular complexity index is 1080. The number of halogens is 1. The van der Waals surface area contributed by atoms with Gasteiger partial charge in [0.15, 0.2) is 0 Å². The van der Waals surface area contributed by atoms with E-state index in [1.165, 1.54) is 0 Å². The maximum absolute atomic E-state index is 9.04. The number of aromatic amines is 1. The van der Waals surface area contributed by atoms with Crippen molar-refractivity contribution in [1.29, 1.82) is 0 Å². The molecule has 0 bridgehead atoms.